The largest absolute Gasteiger partial charge is 0.478 e. The normalized spacial score (nSPS) is 30.4. The molecule has 4 heterocycles. The Morgan fingerprint density at radius 2 is 2.00 bits per heavy atom. The van der Waals surface area contributed by atoms with Gasteiger partial charge in [0.2, 0.25) is 0 Å². The van der Waals surface area contributed by atoms with Gasteiger partial charge >= 0.3 is 5.97 Å². The summed E-state index contributed by atoms with van der Waals surface area (Å²) in [6.45, 7) is 8.39. The van der Waals surface area contributed by atoms with E-state index in [9.17, 15) is 14.7 Å². The highest BCUT2D eigenvalue weighted by Gasteiger charge is 2.52. The smallest absolute Gasteiger partial charge is 0.340 e. The van der Waals surface area contributed by atoms with Crippen LogP contribution in [0.1, 0.15) is 73.7 Å². The minimum atomic E-state index is -1.06. The number of fused-ring (bicyclic) bond motifs is 1. The van der Waals surface area contributed by atoms with E-state index in [-0.39, 0.29) is 47.2 Å². The number of aromatic nitrogens is 2. The lowest BCUT2D eigenvalue weighted by molar-refractivity contribution is -0.355. The van der Waals surface area contributed by atoms with Crippen molar-refractivity contribution in [3.63, 3.8) is 0 Å². The predicted octanol–water partition coefficient (Wildman–Crippen LogP) is 5.53. The van der Waals surface area contributed by atoms with Crippen LogP contribution in [0.5, 0.6) is 0 Å². The summed E-state index contributed by atoms with van der Waals surface area (Å²) >= 11 is 0. The zero-order valence-corrected chi connectivity index (χ0v) is 22.6. The number of benzene rings is 1. The van der Waals surface area contributed by atoms with E-state index in [2.05, 4.69) is 36.1 Å². The number of aromatic carboxylic acids is 1. The van der Waals surface area contributed by atoms with Gasteiger partial charge in [-0.3, -0.25) is 4.79 Å². The molecule has 0 amide bonds. The summed E-state index contributed by atoms with van der Waals surface area (Å²) < 4.78 is 19.6. The van der Waals surface area contributed by atoms with Crippen molar-refractivity contribution in [3.8, 4) is 0 Å². The van der Waals surface area contributed by atoms with Gasteiger partial charge in [-0.25, -0.2) is 9.78 Å². The molecule has 5 rings (SSSR count). The first-order valence-electron chi connectivity index (χ1n) is 13.5. The molecule has 0 unspecified atom stereocenters. The van der Waals surface area contributed by atoms with Crippen molar-refractivity contribution >= 4 is 28.5 Å². The molecule has 9 heteroatoms. The van der Waals surface area contributed by atoms with Crippen LogP contribution < -0.4 is 5.32 Å². The number of carboxylic acids is 1. The van der Waals surface area contributed by atoms with Crippen LogP contribution >= 0.6 is 0 Å². The number of ether oxygens (including phenoxy) is 2. The monoisotopic (exact) mass is 523 g/mol. The summed E-state index contributed by atoms with van der Waals surface area (Å²) in [6, 6.07) is 7.05. The average Bonchev–Trinajstić information content (AvgIpc) is 3.57. The minimum Gasteiger partial charge on any atom is -0.478 e. The molecule has 3 aromatic rings. The zero-order valence-electron chi connectivity index (χ0n) is 22.6. The van der Waals surface area contributed by atoms with E-state index in [0.717, 1.165) is 19.3 Å². The molecule has 2 aliphatic heterocycles. The molecule has 1 aromatic carbocycles. The number of ketones is 1. The number of nitrogens with zero attached hydrogens (tertiary/aromatic N) is 1. The number of oxazole rings is 1. The number of hydrogen-bond donors (Lipinski definition) is 3. The van der Waals surface area contributed by atoms with Gasteiger partial charge in [0, 0.05) is 31.5 Å². The number of Topliss-reactive ketones (excluding diaryl/α,β-unsaturated/α-hetero) is 1. The summed E-state index contributed by atoms with van der Waals surface area (Å²) in [5.41, 5.74) is 1.93. The van der Waals surface area contributed by atoms with Crippen LogP contribution in [0.4, 0.5) is 5.69 Å². The van der Waals surface area contributed by atoms with E-state index < -0.39 is 11.8 Å². The third-order valence-corrected chi connectivity index (χ3v) is 8.54. The number of anilines is 1. The van der Waals surface area contributed by atoms with Crippen molar-refractivity contribution in [3.05, 3.63) is 47.6 Å². The van der Waals surface area contributed by atoms with Gasteiger partial charge in [-0.05, 0) is 48.9 Å². The molecule has 9 nitrogen and oxygen atoms in total. The number of carbonyl (C=O) groups excluding carboxylic acids is 1. The second-order valence-electron chi connectivity index (χ2n) is 11.1. The molecule has 2 aliphatic rings. The van der Waals surface area contributed by atoms with Gasteiger partial charge in [-0.1, -0.05) is 27.7 Å². The van der Waals surface area contributed by atoms with Crippen LogP contribution in [0.2, 0.25) is 0 Å². The van der Waals surface area contributed by atoms with Crippen LogP contribution in [0.25, 0.3) is 11.1 Å². The Labute approximate surface area is 222 Å². The fourth-order valence-electron chi connectivity index (χ4n) is 6.27. The van der Waals surface area contributed by atoms with Gasteiger partial charge in [0.1, 0.15) is 11.1 Å². The fourth-order valence-corrected chi connectivity index (χ4v) is 6.27. The molecule has 0 bridgehead atoms. The van der Waals surface area contributed by atoms with Gasteiger partial charge in [-0.15, -0.1) is 0 Å². The molecule has 0 radical (unpaired) electrons. The summed E-state index contributed by atoms with van der Waals surface area (Å²) in [5, 5.41) is 12.7. The first-order valence-corrected chi connectivity index (χ1v) is 13.5. The van der Waals surface area contributed by atoms with Crippen LogP contribution in [0, 0.1) is 23.7 Å². The third-order valence-electron chi connectivity index (χ3n) is 8.54. The molecular formula is C29H37N3O6. The number of aromatic amines is 1. The minimum absolute atomic E-state index is 0.0407. The van der Waals surface area contributed by atoms with Crippen molar-refractivity contribution in [1.29, 1.82) is 0 Å². The van der Waals surface area contributed by atoms with E-state index in [1.165, 1.54) is 0 Å². The van der Waals surface area contributed by atoms with E-state index in [1.54, 1.807) is 31.4 Å². The first kappa shape index (κ1) is 26.4. The van der Waals surface area contributed by atoms with E-state index >= 15 is 0 Å². The zero-order chi connectivity index (χ0) is 27.2. The molecule has 2 aromatic heterocycles. The Morgan fingerprint density at radius 3 is 2.68 bits per heavy atom. The van der Waals surface area contributed by atoms with Gasteiger partial charge < -0.3 is 29.3 Å². The summed E-state index contributed by atoms with van der Waals surface area (Å²) in [4.78, 5) is 32.7. The second kappa shape index (κ2) is 10.2. The Hall–Kier alpha value is -3.17. The SMILES string of the molecule is CNc1ccc2oc(C[C@@H]3O[C@]4(CC[C@H]3C)O[C@H]([C@@H](C)C(=O)c3ccc[nH]3)[C@H](C)C[C@@H]4C)nc2c1C(=O)O. The number of carbonyl (C=O) groups is 2. The van der Waals surface area contributed by atoms with Crippen LogP contribution in [0.3, 0.4) is 0 Å². The third kappa shape index (κ3) is 4.62. The summed E-state index contributed by atoms with van der Waals surface area (Å²) in [6.07, 6.45) is 4.22. The van der Waals surface area contributed by atoms with Crippen molar-refractivity contribution in [2.45, 2.75) is 71.4 Å². The number of hydrogen-bond acceptors (Lipinski definition) is 7. The quantitative estimate of drug-likeness (QED) is 0.345. The Balaban J connectivity index is 1.39. The molecular weight excluding hydrogens is 486 g/mol. The average molecular weight is 524 g/mol. The lowest BCUT2D eigenvalue weighted by Gasteiger charge is -2.53. The van der Waals surface area contributed by atoms with Crippen LogP contribution in [-0.2, 0) is 15.9 Å². The Morgan fingerprint density at radius 1 is 1.21 bits per heavy atom. The predicted molar refractivity (Wildman–Crippen MR) is 142 cm³/mol. The van der Waals surface area contributed by atoms with E-state index in [0.29, 0.717) is 34.8 Å². The number of H-pyrrole nitrogens is 1. The van der Waals surface area contributed by atoms with Crippen molar-refractivity contribution in [2.24, 2.45) is 23.7 Å². The Kier molecular flexibility index (Phi) is 7.09. The van der Waals surface area contributed by atoms with Crippen LogP contribution in [-0.4, -0.2) is 51.9 Å². The lowest BCUT2D eigenvalue weighted by atomic mass is 9.75. The Bertz CT molecular complexity index is 1320. The summed E-state index contributed by atoms with van der Waals surface area (Å²) in [5.74, 6) is -1.11. The topological polar surface area (TPSA) is 127 Å². The molecule has 0 aliphatic carbocycles. The van der Waals surface area contributed by atoms with Gasteiger partial charge in [-0.2, -0.15) is 0 Å². The molecule has 38 heavy (non-hydrogen) atoms. The van der Waals surface area contributed by atoms with E-state index in [4.69, 9.17) is 13.9 Å². The highest BCUT2D eigenvalue weighted by Crippen LogP contribution is 2.48. The highest BCUT2D eigenvalue weighted by atomic mass is 16.7. The number of rotatable bonds is 7. The molecule has 7 atom stereocenters. The van der Waals surface area contributed by atoms with Gasteiger partial charge in [0.15, 0.2) is 23.0 Å². The first-order chi connectivity index (χ1) is 18.1. The number of nitrogens with one attached hydrogen (secondary N) is 2. The van der Waals surface area contributed by atoms with Crippen molar-refractivity contribution < 1.29 is 28.6 Å². The van der Waals surface area contributed by atoms with Crippen molar-refractivity contribution in [2.75, 3.05) is 12.4 Å². The molecule has 3 N–H and O–H groups in total. The van der Waals surface area contributed by atoms with E-state index in [1.807, 2.05) is 13.0 Å². The molecule has 204 valence electrons. The maximum Gasteiger partial charge on any atom is 0.340 e. The fraction of sp³-hybridized carbons (Fsp3) is 0.552. The maximum atomic E-state index is 13.1. The number of carboxylic acid groups (broad SMARTS) is 1. The molecule has 2 saturated heterocycles. The van der Waals surface area contributed by atoms with Crippen molar-refractivity contribution in [1.82, 2.24) is 9.97 Å². The lowest BCUT2D eigenvalue weighted by Crippen LogP contribution is -2.58. The summed E-state index contributed by atoms with van der Waals surface area (Å²) in [7, 11) is 1.68. The van der Waals surface area contributed by atoms with Gasteiger partial charge in [0.25, 0.3) is 0 Å². The standard InChI is InChI=1S/C29H37N3O6/c1-15-10-11-29(17(3)13-16(2)27(38-29)18(4)26(33)20-7-6-12-31-20)37-22(15)14-23-32-25-21(36-23)9-8-19(30-5)24(25)28(34)35/h6-9,12,15-18,22,27,30-31H,10-11,13-14H2,1-5H3,(H,34,35)/t15-,16-,17+,18+,22+,27+,29-/m1/s1. The van der Waals surface area contributed by atoms with Gasteiger partial charge in [0.05, 0.1) is 30.0 Å². The molecule has 1 spiro atoms. The molecule has 2 fully saturated rings. The highest BCUT2D eigenvalue weighted by molar-refractivity contribution is 6.06. The molecule has 0 saturated carbocycles. The second-order valence-corrected chi connectivity index (χ2v) is 11.1. The maximum absolute atomic E-state index is 13.1. The van der Waals surface area contributed by atoms with Crippen LogP contribution in [0.15, 0.2) is 34.9 Å².